The summed E-state index contributed by atoms with van der Waals surface area (Å²) >= 11 is 0. The predicted octanol–water partition coefficient (Wildman–Crippen LogP) is 2.26. The van der Waals surface area contributed by atoms with Crippen LogP contribution < -0.4 is 5.32 Å². The molecular formula is C50H66N6O17. The number of aliphatic hydroxyl groups excluding tert-OH is 5. The Hall–Kier alpha value is -5.47. The third kappa shape index (κ3) is 12.9. The second kappa shape index (κ2) is 24.3. The van der Waals surface area contributed by atoms with Crippen LogP contribution in [0.5, 0.6) is 0 Å². The van der Waals surface area contributed by atoms with E-state index < -0.39 is 115 Å². The maximum atomic E-state index is 14.1. The first kappa shape index (κ1) is 53.8. The number of aryl methyl sites for hydroxylation is 2. The van der Waals surface area contributed by atoms with Crippen molar-refractivity contribution in [3.63, 3.8) is 0 Å². The second-order valence-electron chi connectivity index (χ2n) is 19.7. The first-order valence-corrected chi connectivity index (χ1v) is 25.1. The lowest BCUT2D eigenvalue weighted by Crippen LogP contribution is -2.64. The quantitative estimate of drug-likeness (QED) is 0.0379. The normalized spacial score (nSPS) is 31.4. The largest absolute Gasteiger partial charge is 0.479 e. The number of benzene rings is 2. The number of hydrogen-bond donors (Lipinski definition) is 7. The minimum Gasteiger partial charge on any atom is -0.479 e. The Morgan fingerprint density at radius 2 is 1.66 bits per heavy atom. The van der Waals surface area contributed by atoms with Crippen LogP contribution in [0.4, 0.5) is 5.69 Å². The minimum atomic E-state index is -1.71. The number of ether oxygens (including phenoxy) is 6. The highest BCUT2D eigenvalue weighted by atomic mass is 16.7. The Bertz CT molecular complexity index is 2490. The molecule has 1 amide bonds. The number of aliphatic hydroxyl groups is 5. The molecule has 4 heterocycles. The zero-order valence-corrected chi connectivity index (χ0v) is 40.7. The number of carbonyl (C=O) groups excluding carboxylic acids is 2. The molecule has 23 heteroatoms. The molecule has 2 aliphatic heterocycles. The monoisotopic (exact) mass is 1020 g/mol. The van der Waals surface area contributed by atoms with Gasteiger partial charge in [-0.25, -0.2) is 9.59 Å². The van der Waals surface area contributed by atoms with Gasteiger partial charge in [0.2, 0.25) is 5.91 Å². The van der Waals surface area contributed by atoms with Crippen LogP contribution in [0.25, 0.3) is 10.9 Å². The van der Waals surface area contributed by atoms with E-state index in [-0.39, 0.29) is 48.9 Å². The summed E-state index contributed by atoms with van der Waals surface area (Å²) in [6.45, 7) is 3.65. The number of rotatable bonds is 20. The molecule has 2 aromatic heterocycles. The van der Waals surface area contributed by atoms with Crippen molar-refractivity contribution >= 4 is 34.4 Å². The molecular weight excluding hydrogens is 957 g/mol. The number of fused-ring (bicyclic) bond motifs is 1. The maximum Gasteiger partial charge on any atom is 0.338 e. The summed E-state index contributed by atoms with van der Waals surface area (Å²) in [6, 6.07) is 14.4. The lowest BCUT2D eigenvalue weighted by Gasteiger charge is -2.48. The summed E-state index contributed by atoms with van der Waals surface area (Å²) in [7, 11) is 0. The molecule has 398 valence electrons. The van der Waals surface area contributed by atoms with Gasteiger partial charge in [0, 0.05) is 60.9 Å². The van der Waals surface area contributed by atoms with Crippen LogP contribution in [0.15, 0.2) is 67.0 Å². The van der Waals surface area contributed by atoms with Crippen LogP contribution in [-0.4, -0.2) is 166 Å². The number of carboxylic acid groups (broad SMARTS) is 1. The number of aliphatic carboxylic acids is 1. The molecule has 0 bridgehead atoms. The van der Waals surface area contributed by atoms with E-state index in [2.05, 4.69) is 15.6 Å². The van der Waals surface area contributed by atoms with Gasteiger partial charge >= 0.3 is 11.9 Å². The van der Waals surface area contributed by atoms with Gasteiger partial charge in [-0.3, -0.25) is 19.6 Å². The van der Waals surface area contributed by atoms with Crippen molar-refractivity contribution in [1.29, 1.82) is 0 Å². The zero-order chi connectivity index (χ0) is 51.9. The fourth-order valence-electron chi connectivity index (χ4n) is 10.5. The molecule has 15 atom stereocenters. The third-order valence-corrected chi connectivity index (χ3v) is 14.6. The summed E-state index contributed by atoms with van der Waals surface area (Å²) in [6.07, 6.45) is -10.2. The van der Waals surface area contributed by atoms with Crippen LogP contribution in [0.2, 0.25) is 0 Å². The number of amides is 1. The molecule has 73 heavy (non-hydrogen) atoms. The van der Waals surface area contributed by atoms with E-state index in [4.69, 9.17) is 28.4 Å². The molecule has 0 radical (unpaired) electrons. The third-order valence-electron chi connectivity index (χ3n) is 14.6. The number of non-ortho nitro benzene ring substituents is 1. The van der Waals surface area contributed by atoms with Crippen molar-refractivity contribution in [2.45, 2.75) is 164 Å². The molecule has 9 unspecified atom stereocenters. The van der Waals surface area contributed by atoms with E-state index in [1.165, 1.54) is 31.2 Å². The molecule has 2 aliphatic carbocycles. The van der Waals surface area contributed by atoms with Crippen molar-refractivity contribution in [3.8, 4) is 0 Å². The number of aromatic nitrogens is 4. The number of carbonyl (C=O) groups is 3. The Morgan fingerprint density at radius 1 is 0.890 bits per heavy atom. The van der Waals surface area contributed by atoms with Crippen LogP contribution in [0.1, 0.15) is 81.3 Å². The molecule has 4 aliphatic rings. The molecule has 2 saturated heterocycles. The summed E-state index contributed by atoms with van der Waals surface area (Å²) in [5.74, 6) is -3.77. The SMILES string of the molecule is CC1CC(C(=O)NCCc2cn(CCn3ccc4cc([N+](=O)[O-])ccc43)nn2)C[C@@H](O[C@@H]2OC(CO)[C@H](O)C(O[C@@H](CC3CCCCC3)C(=O)O)C2OC(=O)c2ccccc2)C1O[C@@H]1OC(C)[C@@H](O)C(O)C1O. The van der Waals surface area contributed by atoms with Gasteiger partial charge in [0.1, 0.15) is 36.6 Å². The summed E-state index contributed by atoms with van der Waals surface area (Å²) < 4.78 is 41.0. The van der Waals surface area contributed by atoms with Crippen LogP contribution in [0, 0.1) is 27.9 Å². The lowest BCUT2D eigenvalue weighted by atomic mass is 9.77. The standard InChI is InChI=1S/C50H66N6O17/c1-27-21-32(46(62)51-17-15-33-25-55(53-52-33)20-19-54-18-16-31-23-34(56(66)67)13-14-35(31)54)24-36(43(27)73-49-42(61)41(60)39(58)28(2)68-49)70-50-45(72-48(65)30-11-7-4-8-12-30)44(40(59)38(26-57)71-50)69-37(47(63)64)22-29-9-5-3-6-10-29/h4,7-8,11-14,16,18,23,25,27-29,32,36-45,49-50,57-61H,3,5-6,9-10,15,17,19-22,24,26H2,1-2H3,(H,51,62)(H,63,64)/t27?,28?,32?,36-,37+,38?,39-,40+,41?,42?,43?,44?,45?,49+,50-/m1/s1. The van der Waals surface area contributed by atoms with Crippen molar-refractivity contribution in [3.05, 3.63) is 88.4 Å². The fourth-order valence-corrected chi connectivity index (χ4v) is 10.5. The molecule has 7 N–H and O–H groups in total. The van der Waals surface area contributed by atoms with Gasteiger partial charge in [0.15, 0.2) is 24.8 Å². The van der Waals surface area contributed by atoms with Crippen molar-refractivity contribution in [2.24, 2.45) is 17.8 Å². The Labute approximate surface area is 420 Å². The molecule has 8 rings (SSSR count). The number of esters is 1. The van der Waals surface area contributed by atoms with E-state index in [1.54, 1.807) is 42.1 Å². The number of carboxylic acids is 1. The number of nitro groups is 1. The Balaban J connectivity index is 0.998. The highest BCUT2D eigenvalue weighted by molar-refractivity contribution is 5.89. The van der Waals surface area contributed by atoms with Crippen molar-refractivity contribution < 1.29 is 78.4 Å². The van der Waals surface area contributed by atoms with Crippen LogP contribution >= 0.6 is 0 Å². The first-order valence-electron chi connectivity index (χ1n) is 25.1. The average molecular weight is 1020 g/mol. The summed E-state index contributed by atoms with van der Waals surface area (Å²) in [5.41, 5.74) is 1.57. The van der Waals surface area contributed by atoms with Crippen LogP contribution in [0.3, 0.4) is 0 Å². The molecule has 2 saturated carbocycles. The smallest absolute Gasteiger partial charge is 0.338 e. The van der Waals surface area contributed by atoms with Gasteiger partial charge in [-0.15, -0.1) is 5.10 Å². The first-order chi connectivity index (χ1) is 35.1. The fraction of sp³-hybridized carbons (Fsp3) is 0.620. The Morgan fingerprint density at radius 3 is 2.38 bits per heavy atom. The molecule has 23 nitrogen and oxygen atoms in total. The predicted molar refractivity (Wildman–Crippen MR) is 254 cm³/mol. The van der Waals surface area contributed by atoms with Gasteiger partial charge in [-0.05, 0) is 62.3 Å². The average Bonchev–Trinajstić information content (AvgIpc) is 4.03. The summed E-state index contributed by atoms with van der Waals surface area (Å²) in [5, 5.41) is 88.4. The minimum absolute atomic E-state index is 0.00799. The van der Waals surface area contributed by atoms with Gasteiger partial charge in [0.25, 0.3) is 5.69 Å². The van der Waals surface area contributed by atoms with Crippen molar-refractivity contribution in [2.75, 3.05) is 13.2 Å². The van der Waals surface area contributed by atoms with E-state index in [0.717, 1.165) is 43.0 Å². The highest BCUT2D eigenvalue weighted by Crippen LogP contribution is 2.39. The maximum absolute atomic E-state index is 14.1. The van der Waals surface area contributed by atoms with E-state index >= 15 is 0 Å². The second-order valence-corrected chi connectivity index (χ2v) is 19.7. The van der Waals surface area contributed by atoms with E-state index in [0.29, 0.717) is 25.2 Å². The highest BCUT2D eigenvalue weighted by Gasteiger charge is 2.54. The van der Waals surface area contributed by atoms with Gasteiger partial charge in [-0.1, -0.05) is 62.4 Å². The number of nitrogens with one attached hydrogen (secondary N) is 1. The molecule has 4 aromatic rings. The topological polar surface area (TPSA) is 319 Å². The number of nitro benzene ring substituents is 1. The molecule has 2 aromatic carbocycles. The Kier molecular flexibility index (Phi) is 17.9. The van der Waals surface area contributed by atoms with Gasteiger partial charge in [-0.2, -0.15) is 0 Å². The number of nitrogens with zero attached hydrogens (tertiary/aromatic N) is 5. The van der Waals surface area contributed by atoms with Gasteiger partial charge < -0.3 is 68.9 Å². The van der Waals surface area contributed by atoms with E-state index in [1.807, 2.05) is 16.8 Å². The zero-order valence-electron chi connectivity index (χ0n) is 40.7. The number of hydrogen-bond acceptors (Lipinski definition) is 18. The lowest BCUT2D eigenvalue weighted by molar-refractivity contribution is -0.384. The van der Waals surface area contributed by atoms with Crippen LogP contribution in [-0.2, 0) is 57.5 Å². The van der Waals surface area contributed by atoms with Crippen molar-refractivity contribution in [1.82, 2.24) is 24.9 Å². The van der Waals surface area contributed by atoms with Gasteiger partial charge in [0.05, 0.1) is 47.6 Å². The molecule has 0 spiro atoms. The van der Waals surface area contributed by atoms with E-state index in [9.17, 15) is 55.1 Å². The summed E-state index contributed by atoms with van der Waals surface area (Å²) in [4.78, 5) is 51.6. The molecule has 4 fully saturated rings.